The van der Waals surface area contributed by atoms with E-state index in [0.29, 0.717) is 0 Å². The van der Waals surface area contributed by atoms with E-state index in [9.17, 15) is 4.39 Å². The van der Waals surface area contributed by atoms with Crippen LogP contribution in [0, 0.1) is 15.7 Å². The van der Waals surface area contributed by atoms with Crippen molar-refractivity contribution in [2.24, 2.45) is 0 Å². The molecule has 0 aromatic heterocycles. The molecule has 0 saturated heterocycles. The molecule has 3 heteroatoms. The Bertz CT molecular complexity index is 267. The third-order valence-electron chi connectivity index (χ3n) is 1.17. The Balaban J connectivity index is 2.87. The van der Waals surface area contributed by atoms with Crippen molar-refractivity contribution >= 4 is 4.16 Å². The molecule has 0 fully saturated rings. The first-order valence-corrected chi connectivity index (χ1v) is 5.91. The van der Waals surface area contributed by atoms with Crippen molar-refractivity contribution in [1.82, 2.24) is 0 Å². The molecule has 0 heterocycles. The van der Waals surface area contributed by atoms with Gasteiger partial charge < -0.3 is 0 Å². The molecule has 0 aliphatic carbocycles. The third kappa shape index (κ3) is 1.89. The number of hydrogen-bond donors (Lipinski definition) is 0. The molecule has 0 unspecified atom stereocenters. The van der Waals surface area contributed by atoms with Gasteiger partial charge in [-0.15, -0.1) is 0 Å². The van der Waals surface area contributed by atoms with E-state index in [1.54, 1.807) is 6.07 Å². The molecule has 1 nitrogen and oxygen atoms in total. The summed E-state index contributed by atoms with van der Waals surface area (Å²) < 4.78 is 15.5. The molecule has 0 aliphatic heterocycles. The van der Waals surface area contributed by atoms with Crippen LogP contribution in [0.2, 0.25) is 0 Å². The molecule has 0 radical (unpaired) electrons. The van der Waals surface area contributed by atoms with Crippen LogP contribution in [0.25, 0.3) is 0 Å². The van der Waals surface area contributed by atoms with Gasteiger partial charge in [-0.3, -0.25) is 0 Å². The summed E-state index contributed by atoms with van der Waals surface area (Å²) >= 11 is -1.25. The SMILES string of the molecule is N#[C][Zn][c]1cccc(F)c1. The Kier molecular flexibility index (Phi) is 2.53. The van der Waals surface area contributed by atoms with Crippen LogP contribution in [0.3, 0.4) is 0 Å². The Labute approximate surface area is 66.1 Å². The average molecular weight is 187 g/mol. The van der Waals surface area contributed by atoms with E-state index >= 15 is 0 Å². The van der Waals surface area contributed by atoms with Gasteiger partial charge in [-0.05, 0) is 0 Å². The van der Waals surface area contributed by atoms with Crippen molar-refractivity contribution in [2.75, 3.05) is 0 Å². The van der Waals surface area contributed by atoms with Crippen molar-refractivity contribution in [1.29, 1.82) is 5.26 Å². The Hall–Kier alpha value is -0.737. The molecule has 0 saturated carbocycles. The van der Waals surface area contributed by atoms with Crippen LogP contribution >= 0.6 is 0 Å². The van der Waals surface area contributed by atoms with E-state index in [2.05, 4.69) is 4.66 Å². The summed E-state index contributed by atoms with van der Waals surface area (Å²) in [7, 11) is 0. The molecule has 0 atom stereocenters. The molecule has 0 N–H and O–H groups in total. The van der Waals surface area contributed by atoms with Crippen LogP contribution in [-0.2, 0) is 17.1 Å². The summed E-state index contributed by atoms with van der Waals surface area (Å²) in [5.74, 6) is -0.238. The third-order valence-corrected chi connectivity index (χ3v) is 3.28. The average Bonchev–Trinajstić information content (AvgIpc) is 1.88. The zero-order chi connectivity index (χ0) is 7.40. The number of rotatable bonds is 1. The van der Waals surface area contributed by atoms with Crippen LogP contribution in [0.5, 0.6) is 0 Å². The zero-order valence-corrected chi connectivity index (χ0v) is 8.31. The van der Waals surface area contributed by atoms with Gasteiger partial charge >= 0.3 is 65.7 Å². The monoisotopic (exact) mass is 185 g/mol. The van der Waals surface area contributed by atoms with Crippen LogP contribution in [0.1, 0.15) is 0 Å². The molecule has 46 valence electrons. The van der Waals surface area contributed by atoms with Crippen molar-refractivity contribution in [3.05, 3.63) is 30.1 Å². The molecular formula is C7H4FNZn. The second-order valence-corrected chi connectivity index (χ2v) is 5.08. The Morgan fingerprint density at radius 3 is 2.90 bits per heavy atom. The molecule has 10 heavy (non-hydrogen) atoms. The van der Waals surface area contributed by atoms with Gasteiger partial charge in [-0.25, -0.2) is 0 Å². The summed E-state index contributed by atoms with van der Waals surface area (Å²) in [4.78, 5) is 0. The molecule has 1 aromatic carbocycles. The van der Waals surface area contributed by atoms with Gasteiger partial charge in [-0.1, -0.05) is 0 Å². The predicted octanol–water partition coefficient (Wildman–Crippen LogP) is 1.01. The van der Waals surface area contributed by atoms with Crippen molar-refractivity contribution in [2.45, 2.75) is 0 Å². The van der Waals surface area contributed by atoms with E-state index < -0.39 is 17.1 Å². The topological polar surface area (TPSA) is 23.8 Å². The first-order chi connectivity index (χ1) is 4.83. The molecule has 0 bridgehead atoms. The summed E-state index contributed by atoms with van der Waals surface area (Å²) in [6.45, 7) is 0. The molecule has 1 rings (SSSR count). The summed E-state index contributed by atoms with van der Waals surface area (Å²) in [6, 6.07) is 6.30. The molecule has 0 amide bonds. The maximum absolute atomic E-state index is 12.4. The van der Waals surface area contributed by atoms with E-state index in [0.717, 1.165) is 4.16 Å². The molecule has 1 aromatic rings. The standard InChI is InChI=1S/C6H4F.CN.Zn/c7-6-4-2-1-3-5-6;1-2;/h1-2,4-5H;;. The molecular weight excluding hydrogens is 182 g/mol. The first-order valence-electron chi connectivity index (χ1n) is 2.94. The van der Waals surface area contributed by atoms with Gasteiger partial charge in [0.1, 0.15) is 0 Å². The zero-order valence-electron chi connectivity index (χ0n) is 5.34. The fraction of sp³-hybridized carbons (Fsp3) is 0. The fourth-order valence-corrected chi connectivity index (χ4v) is 2.28. The number of halogens is 1. The van der Waals surface area contributed by atoms with Gasteiger partial charge in [0.05, 0.1) is 0 Å². The Morgan fingerprint density at radius 2 is 2.30 bits per heavy atom. The quantitative estimate of drug-likeness (QED) is 0.601. The molecule has 0 aliphatic rings. The normalized spacial score (nSPS) is 8.00. The second-order valence-electron chi connectivity index (χ2n) is 1.96. The predicted molar refractivity (Wildman–Crippen MR) is 31.6 cm³/mol. The van der Waals surface area contributed by atoms with Crippen LogP contribution in [-0.4, -0.2) is 0 Å². The van der Waals surface area contributed by atoms with E-state index in [-0.39, 0.29) is 5.82 Å². The summed E-state index contributed by atoms with van der Waals surface area (Å²) in [5, 5.41) is 8.32. The van der Waals surface area contributed by atoms with Gasteiger partial charge in [-0.2, -0.15) is 0 Å². The fourth-order valence-electron chi connectivity index (χ4n) is 0.738. The van der Waals surface area contributed by atoms with Crippen LogP contribution < -0.4 is 4.16 Å². The summed E-state index contributed by atoms with van der Waals surface area (Å²) in [5.41, 5.74) is 0. The maximum atomic E-state index is 12.4. The number of nitrogens with zero attached hydrogens (tertiary/aromatic N) is 1. The summed E-state index contributed by atoms with van der Waals surface area (Å²) in [6.07, 6.45) is 0. The minimum absolute atomic E-state index is 0.238. The van der Waals surface area contributed by atoms with E-state index in [4.69, 9.17) is 5.26 Å². The second kappa shape index (κ2) is 3.44. The van der Waals surface area contributed by atoms with Gasteiger partial charge in [0.15, 0.2) is 0 Å². The van der Waals surface area contributed by atoms with E-state index in [1.807, 2.05) is 6.07 Å². The van der Waals surface area contributed by atoms with Gasteiger partial charge in [0.2, 0.25) is 0 Å². The first kappa shape index (κ1) is 7.37. The van der Waals surface area contributed by atoms with Crippen LogP contribution in [0.15, 0.2) is 24.3 Å². The van der Waals surface area contributed by atoms with Gasteiger partial charge in [0, 0.05) is 0 Å². The van der Waals surface area contributed by atoms with Gasteiger partial charge in [0.25, 0.3) is 0 Å². The van der Waals surface area contributed by atoms with E-state index in [1.165, 1.54) is 12.1 Å². The van der Waals surface area contributed by atoms with Crippen molar-refractivity contribution in [3.8, 4) is 4.66 Å². The minimum atomic E-state index is -1.25. The molecule has 0 spiro atoms. The number of nitriles is 1. The van der Waals surface area contributed by atoms with Crippen molar-refractivity contribution < 1.29 is 21.5 Å². The van der Waals surface area contributed by atoms with Crippen LogP contribution in [0.4, 0.5) is 4.39 Å². The van der Waals surface area contributed by atoms with Crippen molar-refractivity contribution in [3.63, 3.8) is 0 Å². The number of hydrogen-bond acceptors (Lipinski definition) is 1. The Morgan fingerprint density at radius 1 is 1.50 bits per heavy atom. The number of benzene rings is 1.